The van der Waals surface area contributed by atoms with Crippen LogP contribution in [0.4, 0.5) is 0 Å². The van der Waals surface area contributed by atoms with Crippen LogP contribution < -0.4 is 5.32 Å². The van der Waals surface area contributed by atoms with Crippen molar-refractivity contribution >= 4 is 17.2 Å². The number of aryl methyl sites for hydroxylation is 1. The summed E-state index contributed by atoms with van der Waals surface area (Å²) in [6.07, 6.45) is 1.43. The fourth-order valence-corrected chi connectivity index (χ4v) is 3.66. The summed E-state index contributed by atoms with van der Waals surface area (Å²) in [5.41, 5.74) is 0.942. The van der Waals surface area contributed by atoms with Crippen molar-refractivity contribution in [2.45, 2.75) is 19.8 Å². The summed E-state index contributed by atoms with van der Waals surface area (Å²) in [5, 5.41) is 6.54. The van der Waals surface area contributed by atoms with E-state index >= 15 is 0 Å². The van der Waals surface area contributed by atoms with Crippen LogP contribution in [0.3, 0.4) is 0 Å². The second-order valence-corrected chi connectivity index (χ2v) is 6.18. The molecule has 3 rings (SSSR count). The Morgan fingerprint density at radius 1 is 1.50 bits per heavy atom. The van der Waals surface area contributed by atoms with E-state index in [0.717, 1.165) is 43.3 Å². The van der Waals surface area contributed by atoms with Crippen LogP contribution in [0.25, 0.3) is 0 Å². The van der Waals surface area contributed by atoms with Crippen molar-refractivity contribution in [1.29, 1.82) is 0 Å². The molecule has 1 aromatic heterocycles. The Labute approximate surface area is 111 Å². The molecule has 0 spiro atoms. The van der Waals surface area contributed by atoms with Gasteiger partial charge in [0.1, 0.15) is 0 Å². The largest absolute Gasteiger partial charge is 0.342 e. The van der Waals surface area contributed by atoms with Crippen LogP contribution in [0.2, 0.25) is 0 Å². The highest BCUT2D eigenvalue weighted by Gasteiger charge is 2.37. The van der Waals surface area contributed by atoms with Gasteiger partial charge in [-0.3, -0.25) is 4.79 Å². The van der Waals surface area contributed by atoms with Crippen LogP contribution >= 0.6 is 11.3 Å². The van der Waals surface area contributed by atoms with E-state index in [-0.39, 0.29) is 5.91 Å². The normalized spacial score (nSPS) is 26.6. The lowest BCUT2D eigenvalue weighted by Gasteiger charge is -2.16. The summed E-state index contributed by atoms with van der Waals surface area (Å²) in [5.74, 6) is 1.60. The van der Waals surface area contributed by atoms with Crippen LogP contribution in [0.1, 0.15) is 17.6 Å². The first kappa shape index (κ1) is 12.1. The van der Waals surface area contributed by atoms with Crippen LogP contribution in [0, 0.1) is 11.8 Å². The molecule has 5 heteroatoms. The number of hydrogen-bond donors (Lipinski definition) is 1. The number of hydrogen-bond acceptors (Lipinski definition) is 4. The quantitative estimate of drug-likeness (QED) is 0.884. The number of rotatable bonds is 3. The Hall–Kier alpha value is -0.940. The first-order valence-electron chi connectivity index (χ1n) is 6.68. The average Bonchev–Trinajstić information content (AvgIpc) is 3.02. The number of nitrogens with one attached hydrogen (secondary N) is 1. The molecule has 0 bridgehead atoms. The Morgan fingerprint density at radius 3 is 2.83 bits per heavy atom. The summed E-state index contributed by atoms with van der Waals surface area (Å²) in [4.78, 5) is 18.7. The van der Waals surface area contributed by atoms with E-state index in [9.17, 15) is 4.79 Å². The lowest BCUT2D eigenvalue weighted by atomic mass is 10.0. The highest BCUT2D eigenvalue weighted by molar-refractivity contribution is 7.09. The van der Waals surface area contributed by atoms with Gasteiger partial charge in [0.15, 0.2) is 0 Å². The molecule has 0 radical (unpaired) electrons. The number of carbonyl (C=O) groups excluding carboxylic acids is 1. The van der Waals surface area contributed by atoms with E-state index in [4.69, 9.17) is 0 Å². The second-order valence-electron chi connectivity index (χ2n) is 5.24. The van der Waals surface area contributed by atoms with Crippen molar-refractivity contribution in [1.82, 2.24) is 15.2 Å². The summed E-state index contributed by atoms with van der Waals surface area (Å²) in [7, 11) is 0. The third-order valence-corrected chi connectivity index (χ3v) is 5.02. The molecule has 1 N–H and O–H groups in total. The van der Waals surface area contributed by atoms with Gasteiger partial charge in [-0.1, -0.05) is 6.92 Å². The molecule has 0 aromatic carbocycles. The standard InChI is InChI=1S/C13H19N3OS/c1-2-12-15-11(8-18-12)3-13(17)16-6-9-4-14-5-10(9)7-16/h8-10,14H,2-7H2,1H3/t9-,10+. The van der Waals surface area contributed by atoms with Crippen LogP contribution in [-0.2, 0) is 17.6 Å². The van der Waals surface area contributed by atoms with E-state index in [2.05, 4.69) is 17.2 Å². The fourth-order valence-electron chi connectivity index (χ4n) is 2.92. The fraction of sp³-hybridized carbons (Fsp3) is 0.692. The number of amides is 1. The molecule has 2 fully saturated rings. The molecule has 0 aliphatic carbocycles. The van der Waals surface area contributed by atoms with E-state index in [1.165, 1.54) is 0 Å². The van der Waals surface area contributed by atoms with Crippen LogP contribution in [-0.4, -0.2) is 42.0 Å². The lowest BCUT2D eigenvalue weighted by Crippen LogP contribution is -2.33. The van der Waals surface area contributed by atoms with Gasteiger partial charge in [-0.25, -0.2) is 4.98 Å². The summed E-state index contributed by atoms with van der Waals surface area (Å²) in [6, 6.07) is 0. The zero-order valence-corrected chi connectivity index (χ0v) is 11.5. The van der Waals surface area contributed by atoms with Crippen molar-refractivity contribution in [3.63, 3.8) is 0 Å². The average molecular weight is 265 g/mol. The molecule has 0 unspecified atom stereocenters. The number of nitrogens with zero attached hydrogens (tertiary/aromatic N) is 2. The van der Waals surface area contributed by atoms with Gasteiger partial charge < -0.3 is 10.2 Å². The Bertz CT molecular complexity index is 433. The minimum atomic E-state index is 0.248. The minimum absolute atomic E-state index is 0.248. The summed E-state index contributed by atoms with van der Waals surface area (Å²) < 4.78 is 0. The van der Waals surface area contributed by atoms with Crippen LogP contribution in [0.5, 0.6) is 0 Å². The van der Waals surface area contributed by atoms with Gasteiger partial charge in [0.25, 0.3) is 0 Å². The highest BCUT2D eigenvalue weighted by Crippen LogP contribution is 2.26. The molecule has 2 aliphatic rings. The molecule has 1 amide bonds. The maximum atomic E-state index is 12.2. The summed E-state index contributed by atoms with van der Waals surface area (Å²) >= 11 is 1.66. The van der Waals surface area contributed by atoms with E-state index in [1.807, 2.05) is 10.3 Å². The number of likely N-dealkylation sites (tertiary alicyclic amines) is 1. The SMILES string of the molecule is CCc1nc(CC(=O)N2C[C@H]3CNC[C@H]3C2)cs1. The molecule has 4 nitrogen and oxygen atoms in total. The topological polar surface area (TPSA) is 45.2 Å². The maximum Gasteiger partial charge on any atom is 0.228 e. The zero-order valence-electron chi connectivity index (χ0n) is 10.7. The molecule has 2 aliphatic heterocycles. The number of carbonyl (C=O) groups is 1. The molecule has 2 saturated heterocycles. The Balaban J connectivity index is 1.58. The molecule has 3 heterocycles. The molecular weight excluding hydrogens is 246 g/mol. The smallest absolute Gasteiger partial charge is 0.228 e. The molecule has 18 heavy (non-hydrogen) atoms. The van der Waals surface area contributed by atoms with Gasteiger partial charge in [-0.05, 0) is 18.3 Å². The van der Waals surface area contributed by atoms with Gasteiger partial charge in [0, 0.05) is 31.6 Å². The van der Waals surface area contributed by atoms with E-state index in [1.54, 1.807) is 11.3 Å². The predicted octanol–water partition coefficient (Wildman–Crippen LogP) is 0.926. The van der Waals surface area contributed by atoms with Gasteiger partial charge in [-0.2, -0.15) is 0 Å². The monoisotopic (exact) mass is 265 g/mol. The van der Waals surface area contributed by atoms with Gasteiger partial charge >= 0.3 is 0 Å². The van der Waals surface area contributed by atoms with Gasteiger partial charge in [0.2, 0.25) is 5.91 Å². The van der Waals surface area contributed by atoms with Gasteiger partial charge in [0.05, 0.1) is 17.1 Å². The van der Waals surface area contributed by atoms with Crippen molar-refractivity contribution in [2.75, 3.05) is 26.2 Å². The van der Waals surface area contributed by atoms with Crippen molar-refractivity contribution in [3.8, 4) is 0 Å². The molecule has 0 saturated carbocycles. The number of aromatic nitrogens is 1. The molecule has 1 aromatic rings. The van der Waals surface area contributed by atoms with Crippen molar-refractivity contribution < 1.29 is 4.79 Å². The molecular formula is C13H19N3OS. The lowest BCUT2D eigenvalue weighted by molar-refractivity contribution is -0.129. The van der Waals surface area contributed by atoms with E-state index < -0.39 is 0 Å². The zero-order chi connectivity index (χ0) is 12.5. The Kier molecular flexibility index (Phi) is 3.35. The van der Waals surface area contributed by atoms with Crippen molar-refractivity contribution in [2.24, 2.45) is 11.8 Å². The Morgan fingerprint density at radius 2 is 2.22 bits per heavy atom. The predicted molar refractivity (Wildman–Crippen MR) is 71.6 cm³/mol. The van der Waals surface area contributed by atoms with Gasteiger partial charge in [-0.15, -0.1) is 11.3 Å². The van der Waals surface area contributed by atoms with Crippen molar-refractivity contribution in [3.05, 3.63) is 16.1 Å². The third-order valence-electron chi connectivity index (χ3n) is 3.98. The second kappa shape index (κ2) is 4.97. The third kappa shape index (κ3) is 2.29. The molecule has 2 atom stereocenters. The van der Waals surface area contributed by atoms with Crippen LogP contribution in [0.15, 0.2) is 5.38 Å². The first-order valence-corrected chi connectivity index (χ1v) is 7.56. The first-order chi connectivity index (χ1) is 8.76. The number of thiazole rings is 1. The molecule has 98 valence electrons. The minimum Gasteiger partial charge on any atom is -0.342 e. The van der Waals surface area contributed by atoms with E-state index in [0.29, 0.717) is 18.3 Å². The maximum absolute atomic E-state index is 12.2. The number of fused-ring (bicyclic) bond motifs is 1. The highest BCUT2D eigenvalue weighted by atomic mass is 32.1. The summed E-state index contributed by atoms with van der Waals surface area (Å²) in [6.45, 7) is 6.11.